The molecule has 1 heterocycles. The Balaban J connectivity index is 2.13. The number of primary amides is 1. The molecule has 4 heteroatoms. The Morgan fingerprint density at radius 3 is 2.70 bits per heavy atom. The molecule has 0 radical (unpaired) electrons. The molecule has 4 nitrogen and oxygen atoms in total. The highest BCUT2D eigenvalue weighted by Gasteiger charge is 2.39. The summed E-state index contributed by atoms with van der Waals surface area (Å²) in [7, 11) is 0. The summed E-state index contributed by atoms with van der Waals surface area (Å²) in [5, 5.41) is 0. The van der Waals surface area contributed by atoms with Crippen LogP contribution in [-0.4, -0.2) is 12.7 Å². The monoisotopic (exact) mass is 281 g/mol. The number of carbonyl (C=O) groups excluding carboxylic acids is 1. The molecule has 0 spiro atoms. The third kappa shape index (κ3) is 3.47. The molecule has 2 rings (SSSR count). The van der Waals surface area contributed by atoms with Gasteiger partial charge in [-0.1, -0.05) is 27.2 Å². The zero-order valence-electron chi connectivity index (χ0n) is 12.8. The van der Waals surface area contributed by atoms with Gasteiger partial charge in [0.25, 0.3) is 0 Å². The highest BCUT2D eigenvalue weighted by molar-refractivity contribution is 5.77. The molecule has 1 amide bonds. The van der Waals surface area contributed by atoms with Crippen LogP contribution in [0.1, 0.15) is 46.5 Å². The minimum atomic E-state index is -0.203. The van der Waals surface area contributed by atoms with Crippen molar-refractivity contribution in [1.82, 2.24) is 0 Å². The summed E-state index contributed by atoms with van der Waals surface area (Å²) < 4.78 is 10.5. The largest absolute Gasteiger partial charge is 0.462 e. The van der Waals surface area contributed by atoms with Crippen LogP contribution in [0.5, 0.6) is 0 Å². The highest BCUT2D eigenvalue weighted by Crippen LogP contribution is 2.43. The first-order valence-corrected chi connectivity index (χ1v) is 7.71. The van der Waals surface area contributed by atoms with Crippen LogP contribution >= 0.6 is 0 Å². The molecule has 0 bridgehead atoms. The fourth-order valence-electron chi connectivity index (χ4n) is 3.80. The zero-order valence-corrected chi connectivity index (χ0v) is 12.8. The van der Waals surface area contributed by atoms with Gasteiger partial charge in [-0.25, -0.2) is 0 Å². The number of hydrogen-bond donors (Lipinski definition) is 1. The van der Waals surface area contributed by atoms with E-state index >= 15 is 0 Å². The van der Waals surface area contributed by atoms with Gasteiger partial charge < -0.3 is 15.2 Å². The molecule has 2 N–H and O–H groups in total. The van der Waals surface area contributed by atoms with Crippen LogP contribution in [0.25, 0.3) is 0 Å². The van der Waals surface area contributed by atoms with E-state index in [-0.39, 0.29) is 18.6 Å². The maximum atomic E-state index is 12.0. The Kier molecular flexibility index (Phi) is 4.95. The average Bonchev–Trinajstić information content (AvgIpc) is 2.87. The van der Waals surface area contributed by atoms with Crippen molar-refractivity contribution in [3.63, 3.8) is 0 Å². The lowest BCUT2D eigenvalue weighted by Crippen LogP contribution is -2.39. The van der Waals surface area contributed by atoms with Gasteiger partial charge in [0, 0.05) is 12.3 Å². The van der Waals surface area contributed by atoms with Gasteiger partial charge in [0.1, 0.15) is 12.0 Å². The van der Waals surface area contributed by atoms with Crippen molar-refractivity contribution in [3.05, 3.63) is 12.0 Å². The van der Waals surface area contributed by atoms with Crippen molar-refractivity contribution >= 4 is 5.91 Å². The molecular formula is C16H27NO3. The Morgan fingerprint density at radius 2 is 2.15 bits per heavy atom. The molecule has 2 aliphatic rings. The van der Waals surface area contributed by atoms with Gasteiger partial charge in [-0.05, 0) is 36.5 Å². The third-order valence-corrected chi connectivity index (χ3v) is 4.90. The highest BCUT2D eigenvalue weighted by atomic mass is 16.7. The van der Waals surface area contributed by atoms with E-state index in [1.165, 1.54) is 12.8 Å². The molecule has 1 fully saturated rings. The van der Waals surface area contributed by atoms with Crippen molar-refractivity contribution in [2.24, 2.45) is 35.3 Å². The van der Waals surface area contributed by atoms with Gasteiger partial charge >= 0.3 is 0 Å². The summed E-state index contributed by atoms with van der Waals surface area (Å²) in [6, 6.07) is 0. The maximum Gasteiger partial charge on any atom is 0.229 e. The Labute approximate surface area is 121 Å². The van der Waals surface area contributed by atoms with Crippen molar-refractivity contribution in [1.29, 1.82) is 0 Å². The van der Waals surface area contributed by atoms with E-state index in [2.05, 4.69) is 20.8 Å². The van der Waals surface area contributed by atoms with Crippen LogP contribution in [0.15, 0.2) is 12.0 Å². The molecule has 4 unspecified atom stereocenters. The number of allylic oxidation sites excluding steroid dienone is 1. The molecular weight excluding hydrogens is 254 g/mol. The zero-order chi connectivity index (χ0) is 14.7. The molecule has 4 atom stereocenters. The van der Waals surface area contributed by atoms with Gasteiger partial charge in [0.15, 0.2) is 0 Å². The van der Waals surface area contributed by atoms with E-state index in [0.717, 1.165) is 12.2 Å². The smallest absolute Gasteiger partial charge is 0.229 e. The van der Waals surface area contributed by atoms with Crippen molar-refractivity contribution in [2.45, 2.75) is 46.5 Å². The Hall–Kier alpha value is -1.19. The van der Waals surface area contributed by atoms with Crippen LogP contribution in [0.4, 0.5) is 0 Å². The number of carbonyl (C=O) groups is 1. The van der Waals surface area contributed by atoms with Gasteiger partial charge in [0.05, 0.1) is 0 Å². The fraction of sp³-hybridized carbons (Fsp3) is 0.812. The minimum Gasteiger partial charge on any atom is -0.462 e. The maximum absolute atomic E-state index is 12.0. The fourth-order valence-corrected chi connectivity index (χ4v) is 3.80. The Bertz CT molecular complexity index is 378. The second-order valence-electron chi connectivity index (χ2n) is 6.72. The summed E-state index contributed by atoms with van der Waals surface area (Å²) in [6.45, 7) is 7.03. The second-order valence-corrected chi connectivity index (χ2v) is 6.72. The van der Waals surface area contributed by atoms with E-state index in [1.54, 1.807) is 6.26 Å². The molecule has 0 aromatic rings. The summed E-state index contributed by atoms with van der Waals surface area (Å²) in [5.74, 6) is 2.61. The number of nitrogens with two attached hydrogens (primary N) is 1. The van der Waals surface area contributed by atoms with Crippen molar-refractivity contribution < 1.29 is 14.3 Å². The van der Waals surface area contributed by atoms with Gasteiger partial charge in [-0.3, -0.25) is 4.79 Å². The lowest BCUT2D eigenvalue weighted by atomic mass is 9.64. The summed E-state index contributed by atoms with van der Waals surface area (Å²) >= 11 is 0. The first kappa shape index (κ1) is 15.2. The minimum absolute atomic E-state index is 0.141. The third-order valence-electron chi connectivity index (χ3n) is 4.90. The van der Waals surface area contributed by atoms with Gasteiger partial charge in [0.2, 0.25) is 12.7 Å². The molecule has 114 valence electrons. The first-order valence-electron chi connectivity index (χ1n) is 7.71. The lowest BCUT2D eigenvalue weighted by molar-refractivity contribution is -0.125. The first-order chi connectivity index (χ1) is 9.49. The van der Waals surface area contributed by atoms with E-state index in [9.17, 15) is 4.79 Å². The van der Waals surface area contributed by atoms with Gasteiger partial charge in [-0.2, -0.15) is 0 Å². The summed E-state index contributed by atoms with van der Waals surface area (Å²) in [4.78, 5) is 12.0. The molecule has 0 aromatic carbocycles. The predicted octanol–water partition coefficient (Wildman–Crippen LogP) is 3.03. The van der Waals surface area contributed by atoms with Crippen LogP contribution in [-0.2, 0) is 14.3 Å². The van der Waals surface area contributed by atoms with E-state index < -0.39 is 0 Å². The van der Waals surface area contributed by atoms with Crippen LogP contribution in [0, 0.1) is 29.6 Å². The molecule has 1 aliphatic heterocycles. The number of hydrogen-bond acceptors (Lipinski definition) is 3. The van der Waals surface area contributed by atoms with Crippen LogP contribution in [0.2, 0.25) is 0 Å². The summed E-state index contributed by atoms with van der Waals surface area (Å²) in [6.07, 6.45) is 5.74. The normalized spacial score (nSPS) is 31.4. The Morgan fingerprint density at radius 1 is 1.40 bits per heavy atom. The topological polar surface area (TPSA) is 61.6 Å². The molecule has 1 saturated carbocycles. The van der Waals surface area contributed by atoms with E-state index in [1.807, 2.05) is 0 Å². The quantitative estimate of drug-likeness (QED) is 0.842. The standard InChI is InChI=1S/C16H27NO3/c1-10(2)13-5-4-11(3)6-14(13)15(16(17)18)7-12-8-19-9-20-12/h8,10-11,13-15H,4-7,9H2,1-3H3,(H2,17,18). The predicted molar refractivity (Wildman–Crippen MR) is 77.3 cm³/mol. The van der Waals surface area contributed by atoms with Gasteiger partial charge in [-0.15, -0.1) is 0 Å². The van der Waals surface area contributed by atoms with Crippen LogP contribution in [0.3, 0.4) is 0 Å². The number of ether oxygens (including phenoxy) is 2. The van der Waals surface area contributed by atoms with Crippen molar-refractivity contribution in [3.8, 4) is 0 Å². The lowest BCUT2D eigenvalue weighted by Gasteiger charge is -2.40. The average molecular weight is 281 g/mol. The SMILES string of the molecule is CC1CCC(C(C)C)C(C(CC2=COCO2)C(N)=O)C1. The van der Waals surface area contributed by atoms with Crippen molar-refractivity contribution in [2.75, 3.05) is 6.79 Å². The number of amides is 1. The second kappa shape index (κ2) is 6.51. The summed E-state index contributed by atoms with van der Waals surface area (Å²) in [5.41, 5.74) is 5.69. The van der Waals surface area contributed by atoms with E-state index in [0.29, 0.717) is 30.1 Å². The molecule has 1 aliphatic carbocycles. The molecule has 0 aromatic heterocycles. The molecule has 20 heavy (non-hydrogen) atoms. The number of rotatable bonds is 5. The molecule has 0 saturated heterocycles. The van der Waals surface area contributed by atoms with Crippen LogP contribution < -0.4 is 5.73 Å². The van der Waals surface area contributed by atoms with E-state index in [4.69, 9.17) is 15.2 Å².